The molecule has 0 radical (unpaired) electrons. The molecule has 76 valence electrons. The van der Waals surface area contributed by atoms with Crippen LogP contribution in [0.3, 0.4) is 0 Å². The van der Waals surface area contributed by atoms with Crippen LogP contribution < -0.4 is 5.32 Å². The zero-order chi connectivity index (χ0) is 9.84. The van der Waals surface area contributed by atoms with Crippen molar-refractivity contribution in [3.05, 3.63) is 0 Å². The number of nitrogens with one attached hydrogen (secondary N) is 1. The molecule has 3 N–H and O–H groups in total. The van der Waals surface area contributed by atoms with Crippen LogP contribution in [0.5, 0.6) is 0 Å². The third-order valence-corrected chi connectivity index (χ3v) is 2.73. The molecule has 4 heteroatoms. The van der Waals surface area contributed by atoms with Gasteiger partial charge < -0.3 is 15.5 Å². The molecular weight excluding hydrogens is 170 g/mol. The predicted octanol–water partition coefficient (Wildman–Crippen LogP) is 0.0676. The van der Waals surface area contributed by atoms with Crippen LogP contribution in [0.2, 0.25) is 0 Å². The Balaban J connectivity index is 2.51. The summed E-state index contributed by atoms with van der Waals surface area (Å²) in [4.78, 5) is 10.5. The Hall–Kier alpha value is -0.610. The van der Waals surface area contributed by atoms with Gasteiger partial charge in [0.25, 0.3) is 0 Å². The summed E-state index contributed by atoms with van der Waals surface area (Å²) in [5, 5.41) is 21.3. The first-order valence-corrected chi connectivity index (χ1v) is 4.72. The molecule has 0 bridgehead atoms. The Morgan fingerprint density at radius 1 is 1.69 bits per heavy atom. The van der Waals surface area contributed by atoms with Gasteiger partial charge >= 0.3 is 5.97 Å². The molecule has 0 aromatic carbocycles. The van der Waals surface area contributed by atoms with Gasteiger partial charge in [-0.05, 0) is 25.8 Å². The molecular formula is C9H17NO3. The summed E-state index contributed by atoms with van der Waals surface area (Å²) < 4.78 is 0. The van der Waals surface area contributed by atoms with E-state index < -0.39 is 12.1 Å². The highest BCUT2D eigenvalue weighted by molar-refractivity contribution is 5.67. The Morgan fingerprint density at radius 2 is 2.38 bits per heavy atom. The first kappa shape index (κ1) is 10.5. The third-order valence-electron chi connectivity index (χ3n) is 2.73. The van der Waals surface area contributed by atoms with Crippen LogP contribution in [0.25, 0.3) is 0 Å². The Kier molecular flexibility index (Phi) is 3.69. The van der Waals surface area contributed by atoms with E-state index in [4.69, 9.17) is 5.11 Å². The lowest BCUT2D eigenvalue weighted by Crippen LogP contribution is -2.42. The number of carboxylic acids is 1. The molecule has 3 atom stereocenters. The molecule has 1 fully saturated rings. The minimum atomic E-state index is -0.766. The van der Waals surface area contributed by atoms with Crippen molar-refractivity contribution >= 4 is 5.97 Å². The minimum Gasteiger partial charge on any atom is -0.481 e. The van der Waals surface area contributed by atoms with Gasteiger partial charge in [-0.2, -0.15) is 0 Å². The van der Waals surface area contributed by atoms with Crippen LogP contribution in [-0.2, 0) is 4.79 Å². The molecule has 13 heavy (non-hydrogen) atoms. The van der Waals surface area contributed by atoms with Gasteiger partial charge in [-0.25, -0.2) is 0 Å². The van der Waals surface area contributed by atoms with Gasteiger partial charge in [0.2, 0.25) is 0 Å². The molecule has 0 spiro atoms. The number of carbonyl (C=O) groups is 1. The number of rotatable bonds is 3. The fourth-order valence-electron chi connectivity index (χ4n) is 1.98. The van der Waals surface area contributed by atoms with Gasteiger partial charge in [-0.1, -0.05) is 0 Å². The van der Waals surface area contributed by atoms with E-state index in [1.165, 1.54) is 0 Å². The third kappa shape index (κ3) is 2.97. The predicted molar refractivity (Wildman–Crippen MR) is 48.4 cm³/mol. The standard InChI is InChI=1S/C9H17NO3/c1-6(11)8-5-10-3-2-7(8)4-9(12)13/h6-8,10-11H,2-5H2,1H3,(H,12,13). The van der Waals surface area contributed by atoms with Crippen molar-refractivity contribution in [3.8, 4) is 0 Å². The molecule has 1 saturated heterocycles. The molecule has 0 amide bonds. The zero-order valence-electron chi connectivity index (χ0n) is 7.86. The molecule has 1 rings (SSSR count). The fraction of sp³-hybridized carbons (Fsp3) is 0.889. The zero-order valence-corrected chi connectivity index (χ0v) is 7.86. The first-order chi connectivity index (χ1) is 6.11. The normalized spacial score (nSPS) is 31.2. The molecule has 0 saturated carbocycles. The summed E-state index contributed by atoms with van der Waals surface area (Å²) in [6.45, 7) is 3.32. The second kappa shape index (κ2) is 4.58. The lowest BCUT2D eigenvalue weighted by molar-refractivity contribution is -0.139. The van der Waals surface area contributed by atoms with Gasteiger partial charge in [-0.3, -0.25) is 4.79 Å². The summed E-state index contributed by atoms with van der Waals surface area (Å²) in [6.07, 6.45) is 0.608. The molecule has 1 heterocycles. The SMILES string of the molecule is CC(O)C1CNCCC1CC(=O)O. The van der Waals surface area contributed by atoms with E-state index in [0.29, 0.717) is 0 Å². The van der Waals surface area contributed by atoms with Crippen LogP contribution in [0.1, 0.15) is 19.8 Å². The van der Waals surface area contributed by atoms with Crippen molar-refractivity contribution in [2.75, 3.05) is 13.1 Å². The molecule has 0 aromatic rings. The van der Waals surface area contributed by atoms with Crippen LogP contribution in [0.4, 0.5) is 0 Å². The van der Waals surface area contributed by atoms with Gasteiger partial charge in [0, 0.05) is 18.9 Å². The number of hydrogen-bond acceptors (Lipinski definition) is 3. The van der Waals surface area contributed by atoms with Crippen molar-refractivity contribution in [2.45, 2.75) is 25.9 Å². The number of aliphatic hydroxyl groups is 1. The van der Waals surface area contributed by atoms with E-state index >= 15 is 0 Å². The van der Waals surface area contributed by atoms with E-state index in [1.54, 1.807) is 6.92 Å². The summed E-state index contributed by atoms with van der Waals surface area (Å²) in [6, 6.07) is 0. The van der Waals surface area contributed by atoms with E-state index in [1.807, 2.05) is 0 Å². The maximum absolute atomic E-state index is 10.5. The smallest absolute Gasteiger partial charge is 0.303 e. The topological polar surface area (TPSA) is 69.6 Å². The second-order valence-electron chi connectivity index (χ2n) is 3.76. The quantitative estimate of drug-likeness (QED) is 0.584. The average molecular weight is 187 g/mol. The van der Waals surface area contributed by atoms with Crippen LogP contribution in [0.15, 0.2) is 0 Å². The number of aliphatic hydroxyl groups excluding tert-OH is 1. The van der Waals surface area contributed by atoms with Gasteiger partial charge in [-0.15, -0.1) is 0 Å². The largest absolute Gasteiger partial charge is 0.481 e. The molecule has 3 unspecified atom stereocenters. The highest BCUT2D eigenvalue weighted by Gasteiger charge is 2.29. The van der Waals surface area contributed by atoms with Crippen molar-refractivity contribution in [3.63, 3.8) is 0 Å². The fourth-order valence-corrected chi connectivity index (χ4v) is 1.98. The van der Waals surface area contributed by atoms with Crippen molar-refractivity contribution in [1.82, 2.24) is 5.32 Å². The first-order valence-electron chi connectivity index (χ1n) is 4.72. The summed E-state index contributed by atoms with van der Waals surface area (Å²) >= 11 is 0. The summed E-state index contributed by atoms with van der Waals surface area (Å²) in [5.41, 5.74) is 0. The lowest BCUT2D eigenvalue weighted by atomic mass is 9.81. The molecule has 4 nitrogen and oxygen atoms in total. The van der Waals surface area contributed by atoms with Crippen molar-refractivity contribution in [2.24, 2.45) is 11.8 Å². The van der Waals surface area contributed by atoms with Crippen LogP contribution in [0, 0.1) is 11.8 Å². The van der Waals surface area contributed by atoms with E-state index in [2.05, 4.69) is 5.32 Å². The van der Waals surface area contributed by atoms with Crippen molar-refractivity contribution < 1.29 is 15.0 Å². The number of hydrogen-bond donors (Lipinski definition) is 3. The average Bonchev–Trinajstić information content (AvgIpc) is 2.03. The Morgan fingerprint density at radius 3 is 2.92 bits per heavy atom. The molecule has 0 aromatic heterocycles. The minimum absolute atomic E-state index is 0.0878. The summed E-state index contributed by atoms with van der Waals surface area (Å²) in [5.74, 6) is -0.554. The van der Waals surface area contributed by atoms with E-state index in [-0.39, 0.29) is 18.3 Å². The maximum atomic E-state index is 10.5. The van der Waals surface area contributed by atoms with E-state index in [0.717, 1.165) is 19.5 Å². The van der Waals surface area contributed by atoms with Gasteiger partial charge in [0.15, 0.2) is 0 Å². The van der Waals surface area contributed by atoms with E-state index in [9.17, 15) is 9.90 Å². The molecule has 0 aliphatic carbocycles. The lowest BCUT2D eigenvalue weighted by Gasteiger charge is -2.33. The van der Waals surface area contributed by atoms with Crippen molar-refractivity contribution in [1.29, 1.82) is 0 Å². The molecule has 1 aliphatic rings. The maximum Gasteiger partial charge on any atom is 0.303 e. The highest BCUT2D eigenvalue weighted by atomic mass is 16.4. The Labute approximate surface area is 78.0 Å². The van der Waals surface area contributed by atoms with Crippen LogP contribution >= 0.6 is 0 Å². The number of carboxylic acid groups (broad SMARTS) is 1. The number of aliphatic carboxylic acids is 1. The monoisotopic (exact) mass is 187 g/mol. The van der Waals surface area contributed by atoms with Gasteiger partial charge in [0.1, 0.15) is 0 Å². The summed E-state index contributed by atoms with van der Waals surface area (Å²) in [7, 11) is 0. The van der Waals surface area contributed by atoms with Crippen LogP contribution in [-0.4, -0.2) is 35.4 Å². The Bertz CT molecular complexity index is 182. The second-order valence-corrected chi connectivity index (χ2v) is 3.76. The highest BCUT2D eigenvalue weighted by Crippen LogP contribution is 2.25. The molecule has 1 aliphatic heterocycles. The number of piperidine rings is 1. The van der Waals surface area contributed by atoms with Gasteiger partial charge in [0.05, 0.1) is 6.10 Å².